The van der Waals surface area contributed by atoms with Gasteiger partial charge in [0.05, 0.1) is 57.9 Å². The lowest BCUT2D eigenvalue weighted by Gasteiger charge is -2.11. The lowest BCUT2D eigenvalue weighted by Crippen LogP contribution is -2.06. The number of benzene rings is 19. The highest BCUT2D eigenvalue weighted by Gasteiger charge is 2.26. The lowest BCUT2D eigenvalue weighted by molar-refractivity contribution is 0.668. The number of furan rings is 3. The van der Waals surface area contributed by atoms with Crippen LogP contribution in [0.15, 0.2) is 456 Å². The van der Waals surface area contributed by atoms with Crippen LogP contribution in [-0.4, -0.2) is 58.6 Å². The molecule has 0 bridgehead atoms. The van der Waals surface area contributed by atoms with Crippen molar-refractivity contribution in [3.63, 3.8) is 0 Å². The second-order valence-electron chi connectivity index (χ2n) is 35.2. The third kappa shape index (κ3) is 15.0. The van der Waals surface area contributed by atoms with Crippen molar-refractivity contribution in [3.05, 3.63) is 471 Å². The van der Waals surface area contributed by atoms with E-state index in [0.717, 1.165) is 209 Å². The van der Waals surface area contributed by atoms with Crippen molar-refractivity contribution >= 4 is 143 Å². The fourth-order valence-corrected chi connectivity index (χ4v) is 19.8. The number of para-hydroxylation sites is 6. The largest absolute Gasteiger partial charge is 0.456 e. The van der Waals surface area contributed by atoms with Crippen LogP contribution in [0.25, 0.3) is 272 Å². The molecule has 0 aliphatic rings. The highest BCUT2D eigenvalue weighted by atomic mass is 16.3. The summed E-state index contributed by atoms with van der Waals surface area (Å²) >= 11 is 0. The van der Waals surface area contributed by atoms with Crippen LogP contribution in [0, 0.1) is 24.5 Å². The zero-order chi connectivity index (χ0) is 95.8. The Bertz CT molecular complexity index is 9970. The molecule has 0 amide bonds. The Morgan fingerprint density at radius 1 is 0.201 bits per heavy atom. The summed E-state index contributed by atoms with van der Waals surface area (Å²) in [7, 11) is 0. The zero-order valence-electron chi connectivity index (χ0n) is 76.6. The Hall–Kier alpha value is -20.5. The van der Waals surface area contributed by atoms with Crippen molar-refractivity contribution < 1.29 is 13.3 Å². The van der Waals surface area contributed by atoms with Gasteiger partial charge in [-0.1, -0.05) is 309 Å². The second kappa shape index (κ2) is 35.2. The number of hydrogen-bond donors (Lipinski definition) is 0. The number of aromatic nitrogens is 12. The van der Waals surface area contributed by atoms with Gasteiger partial charge in [-0.2, -0.15) is 35.2 Å². The topological polar surface area (TPSA) is 203 Å². The third-order valence-corrected chi connectivity index (χ3v) is 26.7. The normalized spacial score (nSPS) is 11.5. The molecule has 28 rings (SSSR count). The van der Waals surface area contributed by atoms with Gasteiger partial charge in [0.15, 0.2) is 46.3 Å². The first-order valence-corrected chi connectivity index (χ1v) is 47.0. The number of hydrogen-bond acceptors (Lipinski definition) is 13. The minimum Gasteiger partial charge on any atom is -0.456 e. The zero-order valence-corrected chi connectivity index (χ0v) is 76.6. The summed E-state index contributed by atoms with van der Waals surface area (Å²) in [5, 5.41) is 22.1. The number of fused-ring (bicyclic) bond motifs is 18. The van der Waals surface area contributed by atoms with Gasteiger partial charge in [0, 0.05) is 98.0 Å². The van der Waals surface area contributed by atoms with Gasteiger partial charge in [0.2, 0.25) is 17.8 Å². The molecule has 0 atom stereocenters. The number of nitriles is 1. The predicted octanol–water partition coefficient (Wildman–Crippen LogP) is 32.2. The van der Waals surface area contributed by atoms with Crippen LogP contribution in [0.3, 0.4) is 0 Å². The van der Waals surface area contributed by atoms with E-state index in [9.17, 15) is 5.26 Å². The molecule has 0 radical (unpaired) electrons. The molecule has 0 fully saturated rings. The monoisotopic (exact) mass is 1840 g/mol. The fourth-order valence-electron chi connectivity index (χ4n) is 19.8. The smallest absolute Gasteiger partial charge is 0.238 e. The van der Waals surface area contributed by atoms with E-state index in [-0.39, 0.29) is 0 Å². The Balaban J connectivity index is 0.000000110. The summed E-state index contributed by atoms with van der Waals surface area (Å²) in [5.74, 6) is 5.15. The van der Waals surface area contributed by atoms with Crippen molar-refractivity contribution in [1.29, 1.82) is 5.26 Å². The molecule has 144 heavy (non-hydrogen) atoms. The SMILES string of the molecule is N#Cc1ccc(-c2cccc3oc4ccc(-c5nc(-c6ccccc6)nc(-n6c7ccccc7c7ccccc76)n5)cc4c23)cc1.[C-]#[N+]c1ccc(-c2ccc3oc4ccc(-c5nc(-c6ccc(-c7ccccc7)cc6)nc(-n6c7ccccc7c7ccccc76)n5)cc4c3c2)cc1.[C-]#[N+]c1ccc(-c2ccc3oc4ccc(-c5nc(-c6ccccc6)nc(-n6c7ccccc7c7ccccc76)n5)cc4c3c2)cc1. The predicted molar refractivity (Wildman–Crippen MR) is 576 cm³/mol. The number of rotatable bonds is 13. The van der Waals surface area contributed by atoms with E-state index in [0.29, 0.717) is 69.7 Å². The van der Waals surface area contributed by atoms with Crippen LogP contribution in [0.5, 0.6) is 0 Å². The summed E-state index contributed by atoms with van der Waals surface area (Å²) in [6.07, 6.45) is 0. The van der Waals surface area contributed by atoms with Gasteiger partial charge in [-0.15, -0.1) is 0 Å². The van der Waals surface area contributed by atoms with E-state index >= 15 is 0 Å². The van der Waals surface area contributed by atoms with Crippen molar-refractivity contribution in [2.75, 3.05) is 0 Å². The van der Waals surface area contributed by atoms with E-state index < -0.39 is 0 Å². The molecule has 9 aromatic heterocycles. The average molecular weight is 1850 g/mol. The molecule has 19 aromatic carbocycles. The summed E-state index contributed by atoms with van der Waals surface area (Å²) in [6, 6.07) is 151. The Morgan fingerprint density at radius 2 is 0.451 bits per heavy atom. The molecule has 18 nitrogen and oxygen atoms in total. The second-order valence-corrected chi connectivity index (χ2v) is 35.2. The molecule has 0 N–H and O–H groups in total. The van der Waals surface area contributed by atoms with Gasteiger partial charge in [-0.05, 0) is 178 Å². The standard InChI is InChI=1S/C46H27N5O.2C40H23N5O/c1-47-35-23-19-31(20-24-35)33-21-25-42-38(27-33)39-28-34(22-26-43(39)52-42)45-48-44(32-17-15-30(16-18-32)29-9-3-2-4-10-29)49-46(50-45)51-40-13-7-5-11-36(40)37-12-6-8-14-41(37)51;1-41-29-19-15-25(16-20-29)27-17-21-36-32(23-27)33-24-28(18-22-37(33)46-36)39-42-38(26-9-3-2-4-10-26)43-40(44-39)45-34-13-7-5-11-30(34)31-12-6-8-14-35(31)45;41-24-25-17-19-26(20-18-25)29-13-8-16-36-37(29)32-23-28(21-22-35(32)46-36)39-42-38(27-9-2-1-3-10-27)43-40(44-39)45-33-14-6-4-11-30(33)31-12-5-7-15-34(31)45/h2-28H;2-24H;1-23H. The molecule has 0 aliphatic heterocycles. The minimum absolute atomic E-state index is 0.548. The van der Waals surface area contributed by atoms with Crippen LogP contribution < -0.4 is 0 Å². The summed E-state index contributed by atoms with van der Waals surface area (Å²) in [5.41, 5.74) is 26.6. The van der Waals surface area contributed by atoms with E-state index in [1.54, 1.807) is 0 Å². The molecule has 18 heteroatoms. The van der Waals surface area contributed by atoms with Gasteiger partial charge in [-0.25, -0.2) is 24.6 Å². The molecule has 0 unspecified atom stereocenters. The van der Waals surface area contributed by atoms with Gasteiger partial charge < -0.3 is 13.3 Å². The maximum absolute atomic E-state index is 9.31. The van der Waals surface area contributed by atoms with E-state index in [1.807, 2.05) is 249 Å². The molecule has 0 spiro atoms. The van der Waals surface area contributed by atoms with E-state index in [4.69, 9.17) is 71.3 Å². The van der Waals surface area contributed by atoms with Crippen LogP contribution in [0.1, 0.15) is 5.56 Å². The van der Waals surface area contributed by atoms with Crippen molar-refractivity contribution in [2.24, 2.45) is 0 Å². The Morgan fingerprint density at radius 3 is 0.799 bits per heavy atom. The Labute approximate surface area is 822 Å². The molecule has 0 saturated carbocycles. The molecule has 28 aromatic rings. The summed E-state index contributed by atoms with van der Waals surface area (Å²) in [4.78, 5) is 52.8. The van der Waals surface area contributed by atoms with Crippen molar-refractivity contribution in [3.8, 4) is 137 Å². The number of nitrogens with zero attached hydrogens (tertiary/aromatic N) is 15. The third-order valence-electron chi connectivity index (χ3n) is 26.7. The first-order chi connectivity index (χ1) is 71.2. The van der Waals surface area contributed by atoms with Crippen LogP contribution in [-0.2, 0) is 0 Å². The highest BCUT2D eigenvalue weighted by Crippen LogP contribution is 2.45. The lowest BCUT2D eigenvalue weighted by atomic mass is 9.98. The van der Waals surface area contributed by atoms with Gasteiger partial charge in [0.1, 0.15) is 33.5 Å². The van der Waals surface area contributed by atoms with Gasteiger partial charge in [0.25, 0.3) is 0 Å². The Kier molecular flexibility index (Phi) is 20.6. The van der Waals surface area contributed by atoms with E-state index in [2.05, 4.69) is 224 Å². The maximum atomic E-state index is 9.31. The molecular weight excluding hydrogens is 1770 g/mol. The first kappa shape index (κ1) is 84.0. The van der Waals surface area contributed by atoms with Crippen molar-refractivity contribution in [1.82, 2.24) is 58.6 Å². The molecule has 9 heterocycles. The summed E-state index contributed by atoms with van der Waals surface area (Å²) in [6.45, 7) is 14.6. The van der Waals surface area contributed by atoms with Crippen LogP contribution in [0.4, 0.5) is 11.4 Å². The van der Waals surface area contributed by atoms with E-state index in [1.165, 1.54) is 0 Å². The summed E-state index contributed by atoms with van der Waals surface area (Å²) < 4.78 is 25.2. The first-order valence-electron chi connectivity index (χ1n) is 47.0. The molecule has 0 saturated heterocycles. The molecule has 0 aliphatic carbocycles. The van der Waals surface area contributed by atoms with Crippen LogP contribution >= 0.6 is 0 Å². The fraction of sp³-hybridized carbons (Fsp3) is 0. The van der Waals surface area contributed by atoms with Gasteiger partial charge in [-0.3, -0.25) is 13.7 Å². The minimum atomic E-state index is 0.548. The molecule has 670 valence electrons. The average Bonchev–Trinajstić information content (AvgIpc) is 1.58. The van der Waals surface area contributed by atoms with Gasteiger partial charge >= 0.3 is 0 Å². The molecular formula is C126H73N15O3. The highest BCUT2D eigenvalue weighted by molar-refractivity contribution is 6.16. The van der Waals surface area contributed by atoms with Crippen LogP contribution in [0.2, 0.25) is 0 Å². The van der Waals surface area contributed by atoms with Crippen molar-refractivity contribution in [2.45, 2.75) is 0 Å². The maximum Gasteiger partial charge on any atom is 0.238 e. The quantitative estimate of drug-likeness (QED) is 0.0987.